The lowest BCUT2D eigenvalue weighted by atomic mass is 9.94. The molecule has 1 saturated heterocycles. The van der Waals surface area contributed by atoms with Gasteiger partial charge in [0.05, 0.1) is 18.2 Å². The minimum atomic E-state index is -0.788. The van der Waals surface area contributed by atoms with E-state index in [0.717, 1.165) is 6.54 Å². The van der Waals surface area contributed by atoms with E-state index in [2.05, 4.69) is 0 Å². The summed E-state index contributed by atoms with van der Waals surface area (Å²) in [5, 5.41) is 11.2. The monoisotopic (exact) mass is 440 g/mol. The summed E-state index contributed by atoms with van der Waals surface area (Å²) < 4.78 is 19.1. The third-order valence-corrected chi connectivity index (χ3v) is 5.49. The van der Waals surface area contributed by atoms with Gasteiger partial charge in [0.1, 0.15) is 17.3 Å². The van der Waals surface area contributed by atoms with Crippen LogP contribution in [-0.4, -0.2) is 60.4 Å². The van der Waals surface area contributed by atoms with Crippen molar-refractivity contribution in [3.8, 4) is 5.75 Å². The molecule has 0 aliphatic carbocycles. The highest BCUT2D eigenvalue weighted by Crippen LogP contribution is 2.40. The van der Waals surface area contributed by atoms with Gasteiger partial charge < -0.3 is 19.6 Å². The van der Waals surface area contributed by atoms with E-state index in [0.29, 0.717) is 42.0 Å². The van der Waals surface area contributed by atoms with Crippen LogP contribution in [-0.2, 0) is 9.59 Å². The van der Waals surface area contributed by atoms with Gasteiger partial charge >= 0.3 is 0 Å². The molecular formula is C25H29FN2O4. The first-order chi connectivity index (χ1) is 15.2. The van der Waals surface area contributed by atoms with Crippen molar-refractivity contribution in [3.63, 3.8) is 0 Å². The summed E-state index contributed by atoms with van der Waals surface area (Å²) in [6.45, 7) is 5.26. The zero-order valence-electron chi connectivity index (χ0n) is 18.9. The Labute approximate surface area is 187 Å². The Bertz CT molecular complexity index is 1030. The summed E-state index contributed by atoms with van der Waals surface area (Å²) in [6, 6.07) is 10.0. The van der Waals surface area contributed by atoms with E-state index < -0.39 is 23.5 Å². The predicted molar refractivity (Wildman–Crippen MR) is 121 cm³/mol. The van der Waals surface area contributed by atoms with Gasteiger partial charge in [-0.3, -0.25) is 9.59 Å². The highest BCUT2D eigenvalue weighted by atomic mass is 19.1. The van der Waals surface area contributed by atoms with Crippen LogP contribution in [0.3, 0.4) is 0 Å². The van der Waals surface area contributed by atoms with Gasteiger partial charge in [-0.05, 0) is 82.4 Å². The predicted octanol–water partition coefficient (Wildman–Crippen LogP) is 3.91. The van der Waals surface area contributed by atoms with Crippen molar-refractivity contribution in [3.05, 3.63) is 70.5 Å². The van der Waals surface area contributed by atoms with E-state index in [1.807, 2.05) is 25.9 Å². The number of ketones is 1. The van der Waals surface area contributed by atoms with Crippen molar-refractivity contribution in [2.24, 2.45) is 0 Å². The molecule has 2 aromatic carbocycles. The molecule has 1 heterocycles. The molecule has 0 radical (unpaired) electrons. The lowest BCUT2D eigenvalue weighted by Crippen LogP contribution is -2.32. The summed E-state index contributed by atoms with van der Waals surface area (Å²) in [4.78, 5) is 29.4. The van der Waals surface area contributed by atoms with Crippen LogP contribution < -0.4 is 4.74 Å². The van der Waals surface area contributed by atoms with Gasteiger partial charge in [0.25, 0.3) is 11.7 Å². The zero-order chi connectivity index (χ0) is 23.4. The Kier molecular flexibility index (Phi) is 7.30. The van der Waals surface area contributed by atoms with Crippen LogP contribution in [0.5, 0.6) is 5.75 Å². The number of carbonyl (C=O) groups excluding carboxylic acids is 2. The first kappa shape index (κ1) is 23.5. The number of hydrogen-bond acceptors (Lipinski definition) is 5. The molecule has 1 fully saturated rings. The zero-order valence-corrected chi connectivity index (χ0v) is 18.9. The van der Waals surface area contributed by atoms with Crippen molar-refractivity contribution >= 4 is 17.4 Å². The fraction of sp³-hybridized carbons (Fsp3) is 0.360. The fourth-order valence-corrected chi connectivity index (χ4v) is 3.96. The first-order valence-electron chi connectivity index (χ1n) is 10.7. The molecule has 0 saturated carbocycles. The normalized spacial score (nSPS) is 17.9. The van der Waals surface area contributed by atoms with Crippen LogP contribution in [0.4, 0.5) is 4.39 Å². The van der Waals surface area contributed by atoms with Crippen molar-refractivity contribution in [1.29, 1.82) is 0 Å². The third-order valence-electron chi connectivity index (χ3n) is 5.49. The molecular weight excluding hydrogens is 411 g/mol. The van der Waals surface area contributed by atoms with Crippen LogP contribution in [0.15, 0.2) is 48.0 Å². The average molecular weight is 441 g/mol. The lowest BCUT2D eigenvalue weighted by molar-refractivity contribution is -0.139. The van der Waals surface area contributed by atoms with Crippen LogP contribution >= 0.6 is 0 Å². The van der Waals surface area contributed by atoms with Crippen molar-refractivity contribution in [2.45, 2.75) is 26.3 Å². The van der Waals surface area contributed by atoms with Crippen LogP contribution in [0.2, 0.25) is 0 Å². The Hall–Kier alpha value is -3.19. The highest BCUT2D eigenvalue weighted by Gasteiger charge is 2.45. The quantitative estimate of drug-likeness (QED) is 0.383. The van der Waals surface area contributed by atoms with E-state index in [4.69, 9.17) is 4.74 Å². The van der Waals surface area contributed by atoms with Gasteiger partial charge in [-0.25, -0.2) is 4.39 Å². The van der Waals surface area contributed by atoms with Gasteiger partial charge in [-0.1, -0.05) is 12.1 Å². The molecule has 7 heteroatoms. The molecule has 2 aromatic rings. The molecule has 1 N–H and O–H groups in total. The maximum Gasteiger partial charge on any atom is 0.295 e. The molecule has 0 bridgehead atoms. The highest BCUT2D eigenvalue weighted by molar-refractivity contribution is 6.46. The van der Waals surface area contributed by atoms with E-state index in [1.54, 1.807) is 37.3 Å². The number of likely N-dealkylation sites (tertiary alicyclic amines) is 1. The molecule has 0 spiro atoms. The van der Waals surface area contributed by atoms with E-state index in [9.17, 15) is 19.1 Å². The topological polar surface area (TPSA) is 70.1 Å². The second-order valence-electron chi connectivity index (χ2n) is 8.11. The van der Waals surface area contributed by atoms with Gasteiger partial charge in [0, 0.05) is 12.1 Å². The number of aliphatic hydroxyl groups is 1. The summed E-state index contributed by atoms with van der Waals surface area (Å²) in [7, 11) is 3.86. The second-order valence-corrected chi connectivity index (χ2v) is 8.11. The molecule has 3 rings (SSSR count). The summed E-state index contributed by atoms with van der Waals surface area (Å²) in [6.07, 6.45) is 0.653. The smallest absolute Gasteiger partial charge is 0.295 e. The second kappa shape index (κ2) is 9.96. The van der Waals surface area contributed by atoms with Gasteiger partial charge in [0.2, 0.25) is 0 Å². The lowest BCUT2D eigenvalue weighted by Gasteiger charge is -2.26. The maximum absolute atomic E-state index is 13.6. The van der Waals surface area contributed by atoms with Crippen molar-refractivity contribution < 1.29 is 23.8 Å². The number of amides is 1. The van der Waals surface area contributed by atoms with Gasteiger partial charge in [0.15, 0.2) is 0 Å². The maximum atomic E-state index is 13.6. The molecule has 0 unspecified atom stereocenters. The Balaban J connectivity index is 2.09. The number of Topliss-reactive ketones (excluding diaryl/α,β-unsaturated/α-hetero) is 1. The number of aryl methyl sites for hydroxylation is 1. The summed E-state index contributed by atoms with van der Waals surface area (Å²) in [5.74, 6) is -1.41. The van der Waals surface area contributed by atoms with Crippen LogP contribution in [0, 0.1) is 12.7 Å². The molecule has 6 nitrogen and oxygen atoms in total. The van der Waals surface area contributed by atoms with Gasteiger partial charge in [-0.15, -0.1) is 0 Å². The average Bonchev–Trinajstić information content (AvgIpc) is 2.99. The van der Waals surface area contributed by atoms with Gasteiger partial charge in [-0.2, -0.15) is 0 Å². The number of rotatable bonds is 8. The van der Waals surface area contributed by atoms with E-state index in [-0.39, 0.29) is 11.3 Å². The third kappa shape index (κ3) is 4.83. The SMILES string of the molecule is CCOc1ccc(C(O)=C2C(=O)C(=O)N(CCCN(C)C)[C@@H]2c2ccc(F)cc2)c(C)c1. The Morgan fingerprint density at radius 2 is 1.84 bits per heavy atom. The van der Waals surface area contributed by atoms with Crippen LogP contribution in [0.25, 0.3) is 5.76 Å². The van der Waals surface area contributed by atoms with Crippen molar-refractivity contribution in [2.75, 3.05) is 33.8 Å². The van der Waals surface area contributed by atoms with E-state index >= 15 is 0 Å². The van der Waals surface area contributed by atoms with Crippen LogP contribution in [0.1, 0.15) is 36.1 Å². The number of carbonyl (C=O) groups is 2. The Morgan fingerprint density at radius 1 is 1.16 bits per heavy atom. The van der Waals surface area contributed by atoms with E-state index in [1.165, 1.54) is 17.0 Å². The fourth-order valence-electron chi connectivity index (χ4n) is 3.96. The largest absolute Gasteiger partial charge is 0.507 e. The Morgan fingerprint density at radius 3 is 2.44 bits per heavy atom. The first-order valence-corrected chi connectivity index (χ1v) is 10.7. The number of halogens is 1. The summed E-state index contributed by atoms with van der Waals surface area (Å²) in [5.41, 5.74) is 1.75. The molecule has 1 aliphatic rings. The minimum absolute atomic E-state index is 0.0127. The number of ether oxygens (including phenoxy) is 1. The molecule has 1 amide bonds. The molecule has 0 aromatic heterocycles. The minimum Gasteiger partial charge on any atom is -0.507 e. The number of benzene rings is 2. The number of aliphatic hydroxyl groups excluding tert-OH is 1. The standard InChI is InChI=1S/C25H29FN2O4/c1-5-32-19-11-12-20(16(2)15-19)23(29)21-22(17-7-9-18(26)10-8-17)28(25(31)24(21)30)14-6-13-27(3)4/h7-12,15,22,29H,5-6,13-14H2,1-4H3/t22-/m1/s1. The van der Waals surface area contributed by atoms with Crippen molar-refractivity contribution in [1.82, 2.24) is 9.80 Å². The molecule has 1 aliphatic heterocycles. The summed E-state index contributed by atoms with van der Waals surface area (Å²) >= 11 is 0. The number of nitrogens with zero attached hydrogens (tertiary/aromatic N) is 2. The molecule has 1 atom stereocenters. The number of hydrogen-bond donors (Lipinski definition) is 1. The molecule has 170 valence electrons. The molecule has 32 heavy (non-hydrogen) atoms.